The van der Waals surface area contributed by atoms with Crippen molar-refractivity contribution in [1.29, 1.82) is 0 Å². The lowest BCUT2D eigenvalue weighted by atomic mass is 9.92. The van der Waals surface area contributed by atoms with Gasteiger partial charge in [0.25, 0.3) is 0 Å². The first-order valence-corrected chi connectivity index (χ1v) is 11.3. The molecular formula is C28H27NO4. The van der Waals surface area contributed by atoms with E-state index in [0.717, 1.165) is 46.6 Å². The number of pyridine rings is 1. The molecule has 1 aliphatic rings. The summed E-state index contributed by atoms with van der Waals surface area (Å²) in [5.41, 5.74) is 8.86. The second-order valence-corrected chi connectivity index (χ2v) is 8.63. The summed E-state index contributed by atoms with van der Waals surface area (Å²) in [6, 6.07) is 16.7. The summed E-state index contributed by atoms with van der Waals surface area (Å²) < 4.78 is 16.6. The highest BCUT2D eigenvalue weighted by atomic mass is 16.5. The Morgan fingerprint density at radius 2 is 2.00 bits per heavy atom. The highest BCUT2D eigenvalue weighted by Crippen LogP contribution is 2.38. The number of aryl methyl sites for hydroxylation is 3. The van der Waals surface area contributed by atoms with Crippen molar-refractivity contribution in [3.63, 3.8) is 0 Å². The zero-order valence-corrected chi connectivity index (χ0v) is 19.2. The van der Waals surface area contributed by atoms with Gasteiger partial charge in [0.2, 0.25) is 0 Å². The summed E-state index contributed by atoms with van der Waals surface area (Å²) in [7, 11) is 1.42. The number of carbonyl (C=O) groups excluding carboxylic acids is 1. The van der Waals surface area contributed by atoms with Crippen molar-refractivity contribution in [2.24, 2.45) is 0 Å². The fourth-order valence-electron chi connectivity index (χ4n) is 4.79. The maximum Gasteiger partial charge on any atom is 0.306 e. The topological polar surface area (TPSA) is 61.6 Å². The first kappa shape index (κ1) is 21.3. The standard InChI is InChI=1S/C28H27NO4/c1-17-20(6-4-7-22(17)27-18(2)33-24-8-5-13-29-28(24)27)11-9-19-10-12-23-21(15-26(30)31-3)16-32-25(23)14-19/h4-8,10,12-14,21H,9,11,15-16H2,1-3H3/t21-/m1/s1. The Bertz CT molecular complexity index is 1340. The number of benzene rings is 2. The molecule has 5 heteroatoms. The largest absolute Gasteiger partial charge is 0.493 e. The number of hydrogen-bond donors (Lipinski definition) is 0. The minimum absolute atomic E-state index is 0.0714. The number of aromatic nitrogens is 1. The molecule has 33 heavy (non-hydrogen) atoms. The Kier molecular flexibility index (Phi) is 5.63. The SMILES string of the molecule is COC(=O)C[C@@H]1COc2cc(CCc3cccc(-c4c(C)oc5cccnc45)c3C)ccc21. The quantitative estimate of drug-likeness (QED) is 0.347. The fraction of sp³-hybridized carbons (Fsp3) is 0.286. The summed E-state index contributed by atoms with van der Waals surface area (Å²) in [4.78, 5) is 16.2. The van der Waals surface area contributed by atoms with E-state index >= 15 is 0 Å². The van der Waals surface area contributed by atoms with Crippen molar-refractivity contribution < 1.29 is 18.7 Å². The lowest BCUT2D eigenvalue weighted by Crippen LogP contribution is -2.09. The number of hydrogen-bond acceptors (Lipinski definition) is 5. The van der Waals surface area contributed by atoms with Crippen LogP contribution >= 0.6 is 0 Å². The van der Waals surface area contributed by atoms with E-state index < -0.39 is 0 Å². The molecule has 0 unspecified atom stereocenters. The molecule has 5 rings (SSSR count). The summed E-state index contributed by atoms with van der Waals surface area (Å²) in [5.74, 6) is 1.65. The van der Waals surface area contributed by atoms with Crippen LogP contribution in [0.25, 0.3) is 22.2 Å². The minimum atomic E-state index is -0.202. The highest BCUT2D eigenvalue weighted by Gasteiger charge is 2.27. The lowest BCUT2D eigenvalue weighted by Gasteiger charge is -2.12. The van der Waals surface area contributed by atoms with Crippen LogP contribution in [0.2, 0.25) is 0 Å². The van der Waals surface area contributed by atoms with Crippen LogP contribution in [0.1, 0.15) is 40.4 Å². The summed E-state index contributed by atoms with van der Waals surface area (Å²) in [6.45, 7) is 4.71. The number of furan rings is 1. The maximum atomic E-state index is 11.7. The average Bonchev–Trinajstić information content (AvgIpc) is 3.38. The molecule has 1 atom stereocenters. The number of methoxy groups -OCH3 is 1. The van der Waals surface area contributed by atoms with Crippen LogP contribution in [-0.4, -0.2) is 24.7 Å². The molecule has 0 radical (unpaired) electrons. The van der Waals surface area contributed by atoms with Crippen LogP contribution in [0.5, 0.6) is 5.75 Å². The van der Waals surface area contributed by atoms with Gasteiger partial charge in [0.05, 0.1) is 20.1 Å². The van der Waals surface area contributed by atoms with E-state index in [2.05, 4.69) is 48.3 Å². The van der Waals surface area contributed by atoms with Gasteiger partial charge in [0.15, 0.2) is 5.58 Å². The normalized spacial score (nSPS) is 14.8. The molecule has 1 aliphatic heterocycles. The summed E-state index contributed by atoms with van der Waals surface area (Å²) >= 11 is 0. The van der Waals surface area contributed by atoms with Gasteiger partial charge in [0, 0.05) is 23.2 Å². The van der Waals surface area contributed by atoms with Crippen molar-refractivity contribution in [1.82, 2.24) is 4.98 Å². The van der Waals surface area contributed by atoms with E-state index in [4.69, 9.17) is 13.9 Å². The summed E-state index contributed by atoms with van der Waals surface area (Å²) in [6.07, 6.45) is 4.00. The molecule has 2 aromatic carbocycles. The van der Waals surface area contributed by atoms with E-state index in [-0.39, 0.29) is 11.9 Å². The Labute approximate surface area is 193 Å². The number of fused-ring (bicyclic) bond motifs is 2. The van der Waals surface area contributed by atoms with Gasteiger partial charge in [-0.25, -0.2) is 0 Å². The lowest BCUT2D eigenvalue weighted by molar-refractivity contribution is -0.141. The molecule has 0 N–H and O–H groups in total. The Morgan fingerprint density at radius 3 is 2.85 bits per heavy atom. The van der Waals surface area contributed by atoms with Gasteiger partial charge in [-0.1, -0.05) is 30.3 Å². The van der Waals surface area contributed by atoms with Gasteiger partial charge in [-0.2, -0.15) is 0 Å². The minimum Gasteiger partial charge on any atom is -0.493 e. The predicted octanol–water partition coefficient (Wildman–Crippen LogP) is 5.94. The molecule has 2 aromatic heterocycles. The Balaban J connectivity index is 1.36. The van der Waals surface area contributed by atoms with Crippen molar-refractivity contribution in [3.05, 3.63) is 82.7 Å². The molecule has 0 spiro atoms. The van der Waals surface area contributed by atoms with Crippen molar-refractivity contribution in [2.45, 2.75) is 39.0 Å². The molecule has 0 aliphatic carbocycles. The number of carbonyl (C=O) groups is 1. The summed E-state index contributed by atoms with van der Waals surface area (Å²) in [5, 5.41) is 0. The first-order chi connectivity index (χ1) is 16.0. The molecule has 4 aromatic rings. The van der Waals surface area contributed by atoms with Crippen molar-refractivity contribution in [2.75, 3.05) is 13.7 Å². The van der Waals surface area contributed by atoms with Gasteiger partial charge in [-0.05, 0) is 67.1 Å². The van der Waals surface area contributed by atoms with Gasteiger partial charge in [-0.3, -0.25) is 9.78 Å². The number of rotatable bonds is 6. The van der Waals surface area contributed by atoms with Gasteiger partial charge >= 0.3 is 5.97 Å². The second kappa shape index (κ2) is 8.74. The monoisotopic (exact) mass is 441 g/mol. The third-order valence-electron chi connectivity index (χ3n) is 6.62. The van der Waals surface area contributed by atoms with E-state index in [0.29, 0.717) is 13.0 Å². The molecule has 5 nitrogen and oxygen atoms in total. The van der Waals surface area contributed by atoms with Crippen LogP contribution in [0.4, 0.5) is 0 Å². The van der Waals surface area contributed by atoms with Crippen LogP contribution < -0.4 is 4.74 Å². The maximum absolute atomic E-state index is 11.7. The van der Waals surface area contributed by atoms with Gasteiger partial charge in [-0.15, -0.1) is 0 Å². The molecule has 0 fully saturated rings. The highest BCUT2D eigenvalue weighted by molar-refractivity contribution is 5.93. The Hall–Kier alpha value is -3.60. The molecule has 0 bridgehead atoms. The van der Waals surface area contributed by atoms with Crippen LogP contribution in [0.15, 0.2) is 59.1 Å². The van der Waals surface area contributed by atoms with E-state index in [1.807, 2.05) is 25.3 Å². The van der Waals surface area contributed by atoms with Crippen LogP contribution in [0.3, 0.4) is 0 Å². The number of ether oxygens (including phenoxy) is 2. The molecule has 0 amide bonds. The predicted molar refractivity (Wildman–Crippen MR) is 128 cm³/mol. The van der Waals surface area contributed by atoms with E-state index in [1.54, 1.807) is 0 Å². The second-order valence-electron chi connectivity index (χ2n) is 8.63. The smallest absolute Gasteiger partial charge is 0.306 e. The number of nitrogens with zero attached hydrogens (tertiary/aromatic N) is 1. The molecule has 0 saturated heterocycles. The van der Waals surface area contributed by atoms with Crippen LogP contribution in [-0.2, 0) is 22.4 Å². The molecule has 0 saturated carbocycles. The van der Waals surface area contributed by atoms with E-state index in [9.17, 15) is 4.79 Å². The molecular weight excluding hydrogens is 414 g/mol. The van der Waals surface area contributed by atoms with Gasteiger partial charge in [0.1, 0.15) is 17.0 Å². The third-order valence-corrected chi connectivity index (χ3v) is 6.62. The van der Waals surface area contributed by atoms with Crippen LogP contribution in [0, 0.1) is 13.8 Å². The third kappa shape index (κ3) is 3.99. The van der Waals surface area contributed by atoms with Crippen molar-refractivity contribution >= 4 is 17.1 Å². The van der Waals surface area contributed by atoms with E-state index in [1.165, 1.54) is 29.4 Å². The molecule has 3 heterocycles. The zero-order chi connectivity index (χ0) is 22.9. The fourth-order valence-corrected chi connectivity index (χ4v) is 4.79. The van der Waals surface area contributed by atoms with Crippen molar-refractivity contribution in [3.8, 4) is 16.9 Å². The number of esters is 1. The molecule has 168 valence electrons. The Morgan fingerprint density at radius 1 is 1.12 bits per heavy atom. The zero-order valence-electron chi connectivity index (χ0n) is 19.2. The average molecular weight is 442 g/mol. The first-order valence-electron chi connectivity index (χ1n) is 11.3. The van der Waals surface area contributed by atoms with Gasteiger partial charge < -0.3 is 13.9 Å².